The summed E-state index contributed by atoms with van der Waals surface area (Å²) in [6, 6.07) is 10.7. The van der Waals surface area contributed by atoms with Crippen molar-refractivity contribution >= 4 is 0 Å². The molecule has 4 unspecified atom stereocenters. The van der Waals surface area contributed by atoms with Gasteiger partial charge in [-0.1, -0.05) is 48.9 Å². The van der Waals surface area contributed by atoms with Crippen LogP contribution in [0.4, 0.5) is 8.78 Å². The molecule has 0 amide bonds. The average Bonchev–Trinajstić information content (AvgIpc) is 2.82. The zero-order chi connectivity index (χ0) is 23.2. The van der Waals surface area contributed by atoms with Crippen LogP contribution in [0.5, 0.6) is 0 Å². The SMILES string of the molecule is C=CCCc1ccc(-c2ccc(C3CCC4CC(CC/C=C/C)CCC4C3)c(F)c2)c(F)c1. The third kappa shape index (κ3) is 5.83. The van der Waals surface area contributed by atoms with Crippen LogP contribution in [-0.2, 0) is 6.42 Å². The van der Waals surface area contributed by atoms with E-state index in [4.69, 9.17) is 0 Å². The van der Waals surface area contributed by atoms with E-state index in [1.807, 2.05) is 24.3 Å². The van der Waals surface area contributed by atoms with Gasteiger partial charge in [0, 0.05) is 5.56 Å². The first-order valence-corrected chi connectivity index (χ1v) is 12.9. The van der Waals surface area contributed by atoms with Crippen LogP contribution in [0.2, 0.25) is 0 Å². The van der Waals surface area contributed by atoms with Crippen molar-refractivity contribution in [1.29, 1.82) is 0 Å². The van der Waals surface area contributed by atoms with Crippen LogP contribution in [0, 0.1) is 29.4 Å². The lowest BCUT2D eigenvalue weighted by Gasteiger charge is -2.42. The molecule has 0 aromatic heterocycles. The Hall–Kier alpha value is -2.22. The summed E-state index contributed by atoms with van der Waals surface area (Å²) < 4.78 is 29.9. The minimum atomic E-state index is -0.282. The molecule has 33 heavy (non-hydrogen) atoms. The predicted octanol–water partition coefficient (Wildman–Crippen LogP) is 9.41. The molecule has 0 N–H and O–H groups in total. The Balaban J connectivity index is 1.41. The first-order valence-electron chi connectivity index (χ1n) is 12.9. The molecule has 2 aliphatic carbocycles. The molecular formula is C31H38F2. The Morgan fingerprint density at radius 2 is 1.73 bits per heavy atom. The molecule has 2 aliphatic rings. The standard InChI is InChI=1S/C31H38F2/c1-3-5-7-9-22-10-12-25-20-26(14-13-24(25)18-22)29-17-15-27(21-31(29)33)28-16-11-23(8-6-4-2)19-30(28)32/h3-5,11,15-17,19,21-22,24-26H,2,6-10,12-14,18,20H2,1H3/b5-3+. The van der Waals surface area contributed by atoms with Crippen LogP contribution in [0.3, 0.4) is 0 Å². The fourth-order valence-corrected chi connectivity index (χ4v) is 6.27. The minimum Gasteiger partial charge on any atom is -0.207 e. The highest BCUT2D eigenvalue weighted by atomic mass is 19.1. The molecule has 0 bridgehead atoms. The summed E-state index contributed by atoms with van der Waals surface area (Å²) in [4.78, 5) is 0. The highest BCUT2D eigenvalue weighted by Gasteiger charge is 2.36. The first kappa shape index (κ1) is 23.9. The molecule has 2 heteroatoms. The second kappa shape index (κ2) is 11.3. The second-order valence-corrected chi connectivity index (χ2v) is 10.2. The van der Waals surface area contributed by atoms with Crippen LogP contribution < -0.4 is 0 Å². The van der Waals surface area contributed by atoms with Gasteiger partial charge < -0.3 is 0 Å². The summed E-state index contributed by atoms with van der Waals surface area (Å²) in [5, 5.41) is 0. The smallest absolute Gasteiger partial charge is 0.131 e. The molecule has 0 aliphatic heterocycles. The van der Waals surface area contributed by atoms with Gasteiger partial charge in [0.15, 0.2) is 0 Å². The Morgan fingerprint density at radius 3 is 2.48 bits per heavy atom. The van der Waals surface area contributed by atoms with Crippen molar-refractivity contribution in [3.05, 3.63) is 84.0 Å². The van der Waals surface area contributed by atoms with E-state index in [1.54, 1.807) is 18.2 Å². The van der Waals surface area contributed by atoms with Crippen LogP contribution in [0.25, 0.3) is 11.1 Å². The maximum atomic E-state index is 15.2. The van der Waals surface area contributed by atoms with Crippen molar-refractivity contribution in [2.75, 3.05) is 0 Å². The fraction of sp³-hybridized carbons (Fsp3) is 0.484. The average molecular weight is 449 g/mol. The molecular weight excluding hydrogens is 410 g/mol. The van der Waals surface area contributed by atoms with Gasteiger partial charge in [0.25, 0.3) is 0 Å². The summed E-state index contributed by atoms with van der Waals surface area (Å²) in [6.45, 7) is 5.82. The Kier molecular flexibility index (Phi) is 8.17. The quantitative estimate of drug-likeness (QED) is 0.353. The second-order valence-electron chi connectivity index (χ2n) is 10.2. The number of rotatable bonds is 8. The van der Waals surface area contributed by atoms with Crippen molar-refractivity contribution in [2.24, 2.45) is 17.8 Å². The lowest BCUT2D eigenvalue weighted by Crippen LogP contribution is -2.30. The van der Waals surface area contributed by atoms with Gasteiger partial charge in [-0.25, -0.2) is 8.78 Å². The first-order chi connectivity index (χ1) is 16.1. The molecule has 0 heterocycles. The number of benzene rings is 2. The molecule has 0 radical (unpaired) electrons. The molecule has 2 aromatic rings. The molecule has 2 aromatic carbocycles. The Bertz CT molecular complexity index is 973. The third-order valence-corrected chi connectivity index (χ3v) is 8.12. The molecule has 0 nitrogen and oxygen atoms in total. The van der Waals surface area contributed by atoms with Gasteiger partial charge in [0.1, 0.15) is 11.6 Å². The summed E-state index contributed by atoms with van der Waals surface area (Å²) in [5.74, 6) is 2.27. The van der Waals surface area contributed by atoms with Crippen molar-refractivity contribution < 1.29 is 8.78 Å². The molecule has 0 spiro atoms. The Morgan fingerprint density at radius 1 is 0.909 bits per heavy atom. The fourth-order valence-electron chi connectivity index (χ4n) is 6.27. The maximum Gasteiger partial charge on any atom is 0.131 e. The van der Waals surface area contributed by atoms with Gasteiger partial charge in [-0.2, -0.15) is 0 Å². The number of halogens is 2. The molecule has 2 fully saturated rings. The van der Waals surface area contributed by atoms with Gasteiger partial charge in [0.05, 0.1) is 0 Å². The highest BCUT2D eigenvalue weighted by molar-refractivity contribution is 5.65. The number of fused-ring (bicyclic) bond motifs is 1. The molecule has 0 saturated heterocycles. The van der Waals surface area contributed by atoms with Crippen molar-refractivity contribution in [2.45, 2.75) is 77.0 Å². The van der Waals surface area contributed by atoms with Crippen LogP contribution >= 0.6 is 0 Å². The molecule has 4 rings (SSSR count). The van der Waals surface area contributed by atoms with E-state index in [0.29, 0.717) is 17.0 Å². The maximum absolute atomic E-state index is 15.2. The van der Waals surface area contributed by atoms with Gasteiger partial charge in [-0.3, -0.25) is 0 Å². The van der Waals surface area contributed by atoms with Crippen LogP contribution in [-0.4, -0.2) is 0 Å². The van der Waals surface area contributed by atoms with Gasteiger partial charge >= 0.3 is 0 Å². The van der Waals surface area contributed by atoms with E-state index >= 15 is 4.39 Å². The normalized spacial score (nSPS) is 25.2. The lowest BCUT2D eigenvalue weighted by molar-refractivity contribution is 0.114. The third-order valence-electron chi connectivity index (χ3n) is 8.12. The molecule has 2 saturated carbocycles. The summed E-state index contributed by atoms with van der Waals surface area (Å²) in [5.41, 5.74) is 2.87. The zero-order valence-electron chi connectivity index (χ0n) is 20.0. The van der Waals surface area contributed by atoms with Crippen LogP contribution in [0.1, 0.15) is 81.8 Å². The van der Waals surface area contributed by atoms with Crippen LogP contribution in [0.15, 0.2) is 61.2 Å². The number of aryl methyl sites for hydroxylation is 1. The predicted molar refractivity (Wildman–Crippen MR) is 135 cm³/mol. The topological polar surface area (TPSA) is 0 Å². The number of hydrogen-bond acceptors (Lipinski definition) is 0. The van der Waals surface area contributed by atoms with Gasteiger partial charge in [0.2, 0.25) is 0 Å². The van der Waals surface area contributed by atoms with E-state index in [2.05, 4.69) is 25.7 Å². The molecule has 4 atom stereocenters. The van der Waals surface area contributed by atoms with E-state index in [0.717, 1.165) is 54.6 Å². The van der Waals surface area contributed by atoms with E-state index < -0.39 is 0 Å². The van der Waals surface area contributed by atoms with E-state index in [1.165, 1.54) is 38.5 Å². The van der Waals surface area contributed by atoms with Gasteiger partial charge in [-0.05, 0) is 117 Å². The van der Waals surface area contributed by atoms with Crippen molar-refractivity contribution in [3.8, 4) is 11.1 Å². The Labute approximate surface area is 198 Å². The number of hydrogen-bond donors (Lipinski definition) is 0. The van der Waals surface area contributed by atoms with Crippen molar-refractivity contribution in [1.82, 2.24) is 0 Å². The molecule has 176 valence electrons. The van der Waals surface area contributed by atoms with Gasteiger partial charge in [-0.15, -0.1) is 6.58 Å². The summed E-state index contributed by atoms with van der Waals surface area (Å²) in [7, 11) is 0. The minimum absolute atomic E-state index is 0.175. The summed E-state index contributed by atoms with van der Waals surface area (Å²) >= 11 is 0. The van der Waals surface area contributed by atoms with E-state index in [-0.39, 0.29) is 11.6 Å². The number of allylic oxidation sites excluding steroid dienone is 3. The van der Waals surface area contributed by atoms with E-state index in [9.17, 15) is 4.39 Å². The lowest BCUT2D eigenvalue weighted by atomic mass is 9.63. The summed E-state index contributed by atoms with van der Waals surface area (Å²) in [6.07, 6.45) is 17.8. The zero-order valence-corrected chi connectivity index (χ0v) is 20.0. The largest absolute Gasteiger partial charge is 0.207 e. The highest BCUT2D eigenvalue weighted by Crippen LogP contribution is 2.49. The monoisotopic (exact) mass is 448 g/mol. The van der Waals surface area contributed by atoms with Crippen molar-refractivity contribution in [3.63, 3.8) is 0 Å².